The molecule has 1 unspecified atom stereocenters. The Kier molecular flexibility index (Phi) is 4.07. The zero-order valence-electron chi connectivity index (χ0n) is 12.9. The van der Waals surface area contributed by atoms with Crippen molar-refractivity contribution in [3.05, 3.63) is 16.8 Å². The Labute approximate surface area is 126 Å². The largest absolute Gasteiger partial charge is 0.349 e. The van der Waals surface area contributed by atoms with Crippen LogP contribution in [0.5, 0.6) is 0 Å². The summed E-state index contributed by atoms with van der Waals surface area (Å²) in [6.07, 6.45) is 6.18. The van der Waals surface area contributed by atoms with Gasteiger partial charge in [0.2, 0.25) is 0 Å². The Hall–Kier alpha value is -1.67. The van der Waals surface area contributed by atoms with Crippen LogP contribution in [0.2, 0.25) is 0 Å². The lowest BCUT2D eigenvalue weighted by Crippen LogP contribution is -2.45. The molecule has 21 heavy (non-hydrogen) atoms. The summed E-state index contributed by atoms with van der Waals surface area (Å²) in [5.74, 6) is 0.787. The minimum atomic E-state index is 0.509. The molecule has 112 valence electrons. The third kappa shape index (κ3) is 3.01. The van der Waals surface area contributed by atoms with Crippen molar-refractivity contribution in [1.82, 2.24) is 15.5 Å². The lowest BCUT2D eigenvalue weighted by atomic mass is 10.0. The van der Waals surface area contributed by atoms with Gasteiger partial charge in [-0.1, -0.05) is 6.42 Å². The highest BCUT2D eigenvalue weighted by Crippen LogP contribution is 2.33. The first kappa shape index (κ1) is 14.3. The van der Waals surface area contributed by atoms with Crippen molar-refractivity contribution in [1.29, 1.82) is 5.26 Å². The molecule has 2 aliphatic rings. The molecular weight excluding hydrogens is 262 g/mol. The zero-order chi connectivity index (χ0) is 14.8. The van der Waals surface area contributed by atoms with Crippen LogP contribution in [0.15, 0.2) is 0 Å². The fraction of sp³-hybridized carbons (Fsp3) is 0.688. The molecule has 1 saturated carbocycles. The van der Waals surface area contributed by atoms with Crippen molar-refractivity contribution in [3.63, 3.8) is 0 Å². The van der Waals surface area contributed by atoms with E-state index in [2.05, 4.69) is 26.5 Å². The molecule has 0 radical (unpaired) electrons. The molecule has 2 heterocycles. The number of aromatic nitrogens is 2. The van der Waals surface area contributed by atoms with Gasteiger partial charge in [-0.2, -0.15) is 10.4 Å². The molecule has 3 rings (SSSR count). The molecule has 1 aliphatic carbocycles. The molecule has 0 bridgehead atoms. The fourth-order valence-electron chi connectivity index (χ4n) is 3.04. The van der Waals surface area contributed by atoms with Gasteiger partial charge >= 0.3 is 0 Å². The van der Waals surface area contributed by atoms with Gasteiger partial charge in [-0.15, -0.1) is 5.10 Å². The molecule has 1 N–H and O–H groups in total. The predicted molar refractivity (Wildman–Crippen MR) is 82.2 cm³/mol. The standard InChI is InChI=1S/C16H23N5/c1-11-12(2)19-20-16(15(11)9-17)21(14-6-7-14)10-13-5-3-4-8-18-13/h13-14,18H,3-8,10H2,1-2H3. The lowest BCUT2D eigenvalue weighted by Gasteiger charge is -2.32. The number of hydrogen-bond donors (Lipinski definition) is 1. The molecule has 1 aliphatic heterocycles. The van der Waals surface area contributed by atoms with E-state index in [0.717, 1.165) is 30.2 Å². The number of nitrogens with one attached hydrogen (secondary N) is 1. The van der Waals surface area contributed by atoms with Crippen molar-refractivity contribution >= 4 is 5.82 Å². The Morgan fingerprint density at radius 2 is 2.05 bits per heavy atom. The zero-order valence-corrected chi connectivity index (χ0v) is 12.9. The van der Waals surface area contributed by atoms with E-state index in [4.69, 9.17) is 0 Å². The quantitative estimate of drug-likeness (QED) is 0.917. The minimum Gasteiger partial charge on any atom is -0.349 e. The number of rotatable bonds is 4. The second-order valence-electron chi connectivity index (χ2n) is 6.25. The van der Waals surface area contributed by atoms with Crippen LogP contribution in [0, 0.1) is 25.2 Å². The van der Waals surface area contributed by atoms with Crippen LogP contribution in [-0.2, 0) is 0 Å². The van der Waals surface area contributed by atoms with Crippen LogP contribution < -0.4 is 10.2 Å². The Morgan fingerprint density at radius 3 is 2.67 bits per heavy atom. The summed E-state index contributed by atoms with van der Waals surface area (Å²) >= 11 is 0. The maximum absolute atomic E-state index is 9.52. The summed E-state index contributed by atoms with van der Waals surface area (Å²) in [6.45, 7) is 5.93. The topological polar surface area (TPSA) is 64.8 Å². The van der Waals surface area contributed by atoms with Crippen molar-refractivity contribution in [2.24, 2.45) is 0 Å². The minimum absolute atomic E-state index is 0.509. The van der Waals surface area contributed by atoms with Gasteiger partial charge < -0.3 is 10.2 Å². The molecule has 0 spiro atoms. The van der Waals surface area contributed by atoms with Crippen LogP contribution >= 0.6 is 0 Å². The number of nitriles is 1. The molecule has 2 fully saturated rings. The van der Waals surface area contributed by atoms with Crippen LogP contribution in [-0.4, -0.2) is 35.4 Å². The van der Waals surface area contributed by atoms with Crippen molar-refractivity contribution < 1.29 is 0 Å². The number of hydrogen-bond acceptors (Lipinski definition) is 5. The highest BCUT2D eigenvalue weighted by atomic mass is 15.3. The average molecular weight is 285 g/mol. The summed E-state index contributed by atoms with van der Waals surface area (Å²) in [5, 5.41) is 21.7. The number of piperidine rings is 1. The molecule has 1 aromatic heterocycles. The van der Waals surface area contributed by atoms with E-state index in [1.54, 1.807) is 0 Å². The van der Waals surface area contributed by atoms with E-state index in [9.17, 15) is 5.26 Å². The maximum Gasteiger partial charge on any atom is 0.169 e. The predicted octanol–water partition coefficient (Wildman–Crippen LogP) is 2.08. The number of nitrogens with zero attached hydrogens (tertiary/aromatic N) is 4. The first-order valence-corrected chi connectivity index (χ1v) is 7.94. The number of aryl methyl sites for hydroxylation is 1. The van der Waals surface area contributed by atoms with Crippen LogP contribution in [0.25, 0.3) is 0 Å². The van der Waals surface area contributed by atoms with Gasteiger partial charge in [-0.25, -0.2) is 0 Å². The Balaban J connectivity index is 1.87. The van der Waals surface area contributed by atoms with E-state index in [0.29, 0.717) is 17.6 Å². The molecule has 1 atom stereocenters. The van der Waals surface area contributed by atoms with Crippen LogP contribution in [0.4, 0.5) is 5.82 Å². The SMILES string of the molecule is Cc1nnc(N(CC2CCCCN2)C2CC2)c(C#N)c1C. The molecule has 0 aromatic carbocycles. The summed E-state index contributed by atoms with van der Waals surface area (Å²) in [7, 11) is 0. The summed E-state index contributed by atoms with van der Waals surface area (Å²) in [4.78, 5) is 2.32. The van der Waals surface area contributed by atoms with Crippen molar-refractivity contribution in [3.8, 4) is 6.07 Å². The molecule has 1 saturated heterocycles. The smallest absolute Gasteiger partial charge is 0.169 e. The van der Waals surface area contributed by atoms with Gasteiger partial charge in [0.25, 0.3) is 0 Å². The van der Waals surface area contributed by atoms with Crippen LogP contribution in [0.1, 0.15) is 48.9 Å². The first-order chi connectivity index (χ1) is 10.2. The third-order valence-electron chi connectivity index (χ3n) is 4.64. The Morgan fingerprint density at radius 1 is 1.24 bits per heavy atom. The molecule has 1 aromatic rings. The second kappa shape index (κ2) is 5.98. The van der Waals surface area contributed by atoms with Gasteiger partial charge in [-0.3, -0.25) is 0 Å². The molecule has 0 amide bonds. The average Bonchev–Trinajstić information content (AvgIpc) is 3.33. The molecular formula is C16H23N5. The normalized spacial score (nSPS) is 21.9. The van der Waals surface area contributed by atoms with Gasteiger partial charge in [0, 0.05) is 18.6 Å². The van der Waals surface area contributed by atoms with Crippen LogP contribution in [0.3, 0.4) is 0 Å². The molecule has 5 nitrogen and oxygen atoms in total. The van der Waals surface area contributed by atoms with E-state index >= 15 is 0 Å². The maximum atomic E-state index is 9.52. The van der Waals surface area contributed by atoms with Crippen molar-refractivity contribution in [2.45, 2.75) is 58.0 Å². The summed E-state index contributed by atoms with van der Waals surface area (Å²) in [6, 6.07) is 3.39. The highest BCUT2D eigenvalue weighted by molar-refractivity contribution is 5.58. The van der Waals surface area contributed by atoms with E-state index in [-0.39, 0.29) is 0 Å². The lowest BCUT2D eigenvalue weighted by molar-refractivity contribution is 0.397. The van der Waals surface area contributed by atoms with E-state index in [1.165, 1.54) is 32.1 Å². The van der Waals surface area contributed by atoms with E-state index in [1.807, 2.05) is 13.8 Å². The second-order valence-corrected chi connectivity index (χ2v) is 6.25. The van der Waals surface area contributed by atoms with Gasteiger partial charge in [0.15, 0.2) is 5.82 Å². The summed E-state index contributed by atoms with van der Waals surface area (Å²) in [5.41, 5.74) is 2.51. The highest BCUT2D eigenvalue weighted by Gasteiger charge is 2.34. The summed E-state index contributed by atoms with van der Waals surface area (Å²) < 4.78 is 0. The monoisotopic (exact) mass is 285 g/mol. The van der Waals surface area contributed by atoms with E-state index < -0.39 is 0 Å². The van der Waals surface area contributed by atoms with Crippen molar-refractivity contribution in [2.75, 3.05) is 18.0 Å². The third-order valence-corrected chi connectivity index (χ3v) is 4.64. The Bertz CT molecular complexity index is 553. The number of anilines is 1. The first-order valence-electron chi connectivity index (χ1n) is 7.94. The molecule has 5 heteroatoms. The van der Waals surface area contributed by atoms with Gasteiger partial charge in [0.1, 0.15) is 11.6 Å². The fourth-order valence-corrected chi connectivity index (χ4v) is 3.04. The van der Waals surface area contributed by atoms with Gasteiger partial charge in [-0.05, 0) is 51.6 Å². The van der Waals surface area contributed by atoms with Gasteiger partial charge in [0.05, 0.1) is 5.69 Å².